The number of carbonyl (C=O) groups is 2. The van der Waals surface area contributed by atoms with E-state index in [1.165, 1.54) is 30.2 Å². The van der Waals surface area contributed by atoms with Crippen LogP contribution in [0.2, 0.25) is 0 Å². The van der Waals surface area contributed by atoms with Crippen molar-refractivity contribution in [1.82, 2.24) is 4.90 Å². The summed E-state index contributed by atoms with van der Waals surface area (Å²) in [5.74, 6) is -0.841. The third kappa shape index (κ3) is 4.04. The normalized spacial score (nSPS) is 11.7. The number of hydrogen-bond donors (Lipinski definition) is 1. The topological polar surface area (TPSA) is 104 Å². The van der Waals surface area contributed by atoms with Crippen molar-refractivity contribution in [2.24, 2.45) is 0 Å². The van der Waals surface area contributed by atoms with Gasteiger partial charge in [-0.1, -0.05) is 0 Å². The molecule has 0 spiro atoms. The number of amides is 1. The smallest absolute Gasteiger partial charge is 0.311 e. The molecular formula is C17H18N2O5. The Labute approximate surface area is 139 Å². The maximum absolute atomic E-state index is 12.0. The molecule has 1 atom stereocenters. The Morgan fingerprint density at radius 3 is 2.92 bits per heavy atom. The van der Waals surface area contributed by atoms with Crippen molar-refractivity contribution in [2.45, 2.75) is 25.9 Å². The Morgan fingerprint density at radius 2 is 2.21 bits per heavy atom. The van der Waals surface area contributed by atoms with Crippen molar-refractivity contribution in [2.75, 3.05) is 13.6 Å². The fourth-order valence-electron chi connectivity index (χ4n) is 2.29. The first-order chi connectivity index (χ1) is 11.4. The van der Waals surface area contributed by atoms with Crippen LogP contribution < -0.4 is 0 Å². The first-order valence-electron chi connectivity index (χ1n) is 7.43. The fourth-order valence-corrected chi connectivity index (χ4v) is 2.29. The van der Waals surface area contributed by atoms with Gasteiger partial charge in [-0.15, -0.1) is 0 Å². The van der Waals surface area contributed by atoms with Gasteiger partial charge in [-0.05, 0) is 19.1 Å². The molecule has 7 nitrogen and oxygen atoms in total. The van der Waals surface area contributed by atoms with Gasteiger partial charge < -0.3 is 19.2 Å². The molecule has 0 aliphatic carbocycles. The molecule has 0 unspecified atom stereocenters. The third-order valence-electron chi connectivity index (χ3n) is 3.57. The second kappa shape index (κ2) is 7.51. The maximum atomic E-state index is 12.0. The molecule has 1 aromatic carbocycles. The predicted octanol–water partition coefficient (Wildman–Crippen LogP) is 1.98. The molecule has 0 fully saturated rings. The monoisotopic (exact) mass is 330 g/mol. The van der Waals surface area contributed by atoms with Crippen molar-refractivity contribution in [3.63, 3.8) is 0 Å². The SMILES string of the molecule is C[C@@H](OC(=O)Cc1coc2cc(O)ccc12)C(=O)N(C)CCC#N. The number of esters is 1. The summed E-state index contributed by atoms with van der Waals surface area (Å²) in [5, 5.41) is 18.6. The summed E-state index contributed by atoms with van der Waals surface area (Å²) in [4.78, 5) is 25.4. The van der Waals surface area contributed by atoms with E-state index in [-0.39, 0.29) is 31.0 Å². The van der Waals surface area contributed by atoms with Gasteiger partial charge in [-0.25, -0.2) is 0 Å². The van der Waals surface area contributed by atoms with E-state index in [1.807, 2.05) is 6.07 Å². The predicted molar refractivity (Wildman–Crippen MR) is 85.0 cm³/mol. The molecule has 126 valence electrons. The van der Waals surface area contributed by atoms with Gasteiger partial charge in [0.05, 0.1) is 25.2 Å². The number of nitriles is 1. The number of phenols is 1. The molecule has 0 radical (unpaired) electrons. The number of phenolic OH excluding ortho intramolecular Hbond substituents is 1. The van der Waals surface area contributed by atoms with Gasteiger partial charge in [0.2, 0.25) is 0 Å². The van der Waals surface area contributed by atoms with E-state index in [1.54, 1.807) is 13.1 Å². The minimum atomic E-state index is -0.927. The molecule has 1 heterocycles. The maximum Gasteiger partial charge on any atom is 0.311 e. The van der Waals surface area contributed by atoms with E-state index in [0.29, 0.717) is 16.5 Å². The number of carbonyl (C=O) groups excluding carboxylic acids is 2. The van der Waals surface area contributed by atoms with Crippen LogP contribution in [0.4, 0.5) is 0 Å². The minimum Gasteiger partial charge on any atom is -0.508 e. The molecule has 0 aliphatic rings. The average Bonchev–Trinajstić information content (AvgIpc) is 2.93. The van der Waals surface area contributed by atoms with Crippen LogP contribution in [0.25, 0.3) is 11.0 Å². The first kappa shape index (κ1) is 17.3. The standard InChI is InChI=1S/C17H18N2O5/c1-11(17(22)19(2)7-3-6-18)24-16(21)8-12-10-23-15-9-13(20)4-5-14(12)15/h4-5,9-11,20H,3,7-8H2,1-2H3/t11-/m1/s1. The summed E-state index contributed by atoms with van der Waals surface area (Å²) >= 11 is 0. The molecular weight excluding hydrogens is 312 g/mol. The van der Waals surface area contributed by atoms with E-state index in [2.05, 4.69) is 0 Å². The fraction of sp³-hybridized carbons (Fsp3) is 0.353. The van der Waals surface area contributed by atoms with Crippen molar-refractivity contribution in [1.29, 1.82) is 5.26 Å². The van der Waals surface area contributed by atoms with Gasteiger partial charge >= 0.3 is 5.97 Å². The summed E-state index contributed by atoms with van der Waals surface area (Å²) < 4.78 is 10.4. The Bertz CT molecular complexity index is 790. The highest BCUT2D eigenvalue weighted by Gasteiger charge is 2.22. The number of furan rings is 1. The van der Waals surface area contributed by atoms with Crippen LogP contribution in [0.15, 0.2) is 28.9 Å². The number of aromatic hydroxyl groups is 1. The number of nitrogens with zero attached hydrogens (tertiary/aromatic N) is 2. The van der Waals surface area contributed by atoms with Crippen LogP contribution >= 0.6 is 0 Å². The van der Waals surface area contributed by atoms with Crippen molar-refractivity contribution in [3.8, 4) is 11.8 Å². The Kier molecular flexibility index (Phi) is 5.42. The lowest BCUT2D eigenvalue weighted by molar-refractivity contribution is -0.157. The highest BCUT2D eigenvalue weighted by Crippen LogP contribution is 2.25. The van der Waals surface area contributed by atoms with Crippen LogP contribution in [0, 0.1) is 11.3 Å². The van der Waals surface area contributed by atoms with Crippen molar-refractivity contribution < 1.29 is 23.8 Å². The molecule has 1 aromatic heterocycles. The Morgan fingerprint density at radius 1 is 1.46 bits per heavy atom. The molecule has 0 bridgehead atoms. The summed E-state index contributed by atoms with van der Waals surface area (Å²) in [6.07, 6.45) is 0.675. The van der Waals surface area contributed by atoms with Gasteiger partial charge in [-0.3, -0.25) is 9.59 Å². The molecule has 2 rings (SSSR count). The largest absolute Gasteiger partial charge is 0.508 e. The van der Waals surface area contributed by atoms with Crippen LogP contribution in [0.3, 0.4) is 0 Å². The molecule has 1 amide bonds. The second-order valence-electron chi connectivity index (χ2n) is 5.42. The summed E-state index contributed by atoms with van der Waals surface area (Å²) in [7, 11) is 1.56. The summed E-state index contributed by atoms with van der Waals surface area (Å²) in [6, 6.07) is 6.57. The number of ether oxygens (including phenoxy) is 1. The number of hydrogen-bond acceptors (Lipinski definition) is 6. The third-order valence-corrected chi connectivity index (χ3v) is 3.57. The van der Waals surface area contributed by atoms with E-state index in [9.17, 15) is 14.7 Å². The van der Waals surface area contributed by atoms with Crippen LogP contribution in [-0.4, -0.2) is 41.6 Å². The second-order valence-corrected chi connectivity index (χ2v) is 5.42. The Hall–Kier alpha value is -3.01. The highest BCUT2D eigenvalue weighted by molar-refractivity contribution is 5.88. The van der Waals surface area contributed by atoms with E-state index in [0.717, 1.165) is 0 Å². The molecule has 0 saturated carbocycles. The van der Waals surface area contributed by atoms with Crippen molar-refractivity contribution in [3.05, 3.63) is 30.0 Å². The highest BCUT2D eigenvalue weighted by atomic mass is 16.5. The zero-order valence-corrected chi connectivity index (χ0v) is 13.5. The van der Waals surface area contributed by atoms with E-state index in [4.69, 9.17) is 14.4 Å². The van der Waals surface area contributed by atoms with Gasteiger partial charge in [0.15, 0.2) is 6.10 Å². The first-order valence-corrected chi connectivity index (χ1v) is 7.43. The quantitative estimate of drug-likeness (QED) is 0.812. The lowest BCUT2D eigenvalue weighted by Gasteiger charge is -2.20. The lowest BCUT2D eigenvalue weighted by atomic mass is 10.1. The number of benzene rings is 1. The van der Waals surface area contributed by atoms with Crippen LogP contribution in [-0.2, 0) is 20.7 Å². The average molecular weight is 330 g/mol. The number of likely N-dealkylation sites (N-methyl/N-ethyl adjacent to an activating group) is 1. The molecule has 7 heteroatoms. The van der Waals surface area contributed by atoms with Gasteiger partial charge in [-0.2, -0.15) is 5.26 Å². The van der Waals surface area contributed by atoms with E-state index < -0.39 is 12.1 Å². The lowest BCUT2D eigenvalue weighted by Crippen LogP contribution is -2.38. The summed E-state index contributed by atoms with van der Waals surface area (Å²) in [5.41, 5.74) is 1.09. The zero-order valence-electron chi connectivity index (χ0n) is 13.5. The minimum absolute atomic E-state index is 0.0443. The van der Waals surface area contributed by atoms with Crippen LogP contribution in [0.1, 0.15) is 18.9 Å². The Balaban J connectivity index is 1.97. The molecule has 24 heavy (non-hydrogen) atoms. The molecule has 0 saturated heterocycles. The molecule has 1 N–H and O–H groups in total. The molecule has 0 aliphatic heterocycles. The summed E-state index contributed by atoms with van der Waals surface area (Å²) in [6.45, 7) is 1.78. The van der Waals surface area contributed by atoms with Gasteiger partial charge in [0.1, 0.15) is 11.3 Å². The number of rotatable bonds is 6. The van der Waals surface area contributed by atoms with Gasteiger partial charge in [0, 0.05) is 30.6 Å². The number of fused-ring (bicyclic) bond motifs is 1. The van der Waals surface area contributed by atoms with Crippen molar-refractivity contribution >= 4 is 22.8 Å². The van der Waals surface area contributed by atoms with Crippen LogP contribution in [0.5, 0.6) is 5.75 Å². The van der Waals surface area contributed by atoms with E-state index >= 15 is 0 Å². The zero-order chi connectivity index (χ0) is 17.7. The molecule has 2 aromatic rings. The van der Waals surface area contributed by atoms with Gasteiger partial charge in [0.25, 0.3) is 5.91 Å².